The number of anilines is 3. The summed E-state index contributed by atoms with van der Waals surface area (Å²) < 4.78 is 0. The molecular formula is C50H33N. The van der Waals surface area contributed by atoms with Crippen LogP contribution in [0.15, 0.2) is 200 Å². The lowest BCUT2D eigenvalue weighted by Gasteiger charge is -2.28. The van der Waals surface area contributed by atoms with E-state index in [0.717, 1.165) is 17.1 Å². The minimum absolute atomic E-state index is 1.11. The van der Waals surface area contributed by atoms with E-state index in [9.17, 15) is 0 Å². The number of rotatable bonds is 5. The number of benzene rings is 10. The summed E-state index contributed by atoms with van der Waals surface area (Å²) in [5.41, 5.74) is 8.20. The summed E-state index contributed by atoms with van der Waals surface area (Å²) in [5, 5.41) is 12.7. The molecule has 10 aromatic rings. The van der Waals surface area contributed by atoms with Crippen molar-refractivity contribution < 1.29 is 0 Å². The van der Waals surface area contributed by atoms with Crippen LogP contribution < -0.4 is 4.90 Å². The second kappa shape index (κ2) is 12.0. The second-order valence-electron chi connectivity index (χ2n) is 13.3. The molecule has 51 heavy (non-hydrogen) atoms. The van der Waals surface area contributed by atoms with Gasteiger partial charge in [0.25, 0.3) is 0 Å². The van der Waals surface area contributed by atoms with Crippen LogP contribution in [-0.2, 0) is 0 Å². The van der Waals surface area contributed by atoms with Gasteiger partial charge in [0, 0.05) is 16.9 Å². The van der Waals surface area contributed by atoms with Gasteiger partial charge in [-0.05, 0) is 107 Å². The zero-order valence-corrected chi connectivity index (χ0v) is 28.0. The lowest BCUT2D eigenvalue weighted by atomic mass is 9.93. The van der Waals surface area contributed by atoms with Crippen LogP contribution in [-0.4, -0.2) is 0 Å². The minimum Gasteiger partial charge on any atom is -0.310 e. The highest BCUT2D eigenvalue weighted by atomic mass is 15.1. The quantitative estimate of drug-likeness (QED) is 0.168. The normalized spacial score (nSPS) is 11.5. The van der Waals surface area contributed by atoms with Crippen molar-refractivity contribution in [3.05, 3.63) is 200 Å². The third kappa shape index (κ3) is 4.94. The first-order valence-electron chi connectivity index (χ1n) is 17.6. The van der Waals surface area contributed by atoms with E-state index in [4.69, 9.17) is 0 Å². The van der Waals surface area contributed by atoms with Crippen LogP contribution >= 0.6 is 0 Å². The van der Waals surface area contributed by atoms with E-state index in [0.29, 0.717) is 0 Å². The summed E-state index contributed by atoms with van der Waals surface area (Å²) in [7, 11) is 0. The van der Waals surface area contributed by atoms with Gasteiger partial charge in [0.1, 0.15) is 0 Å². The molecule has 1 heteroatoms. The van der Waals surface area contributed by atoms with Crippen LogP contribution in [0.1, 0.15) is 0 Å². The van der Waals surface area contributed by atoms with Crippen LogP contribution in [0.3, 0.4) is 0 Å². The lowest BCUT2D eigenvalue weighted by molar-refractivity contribution is 1.29. The molecule has 10 rings (SSSR count). The first-order chi connectivity index (χ1) is 25.3. The predicted molar refractivity (Wildman–Crippen MR) is 220 cm³/mol. The van der Waals surface area contributed by atoms with Gasteiger partial charge >= 0.3 is 0 Å². The molecule has 0 saturated carbocycles. The number of nitrogens with zero attached hydrogens (tertiary/aromatic N) is 1. The van der Waals surface area contributed by atoms with Crippen molar-refractivity contribution in [3.63, 3.8) is 0 Å². The standard InChI is InChI=1S/C50H33N/c1-2-12-34(13-3-1)44-18-10-11-21-50(44)51(40-28-31-43-38(32-40)25-30-47-41-16-6-4-14-35(41)24-29-48(43)47)39-26-22-36(23-27-39)49-33-37-15-5-7-17-42(37)45-19-8-9-20-46(45)49/h1-33H. The van der Waals surface area contributed by atoms with Crippen LogP contribution in [0.4, 0.5) is 17.1 Å². The molecule has 0 saturated heterocycles. The van der Waals surface area contributed by atoms with Gasteiger partial charge in [-0.15, -0.1) is 0 Å². The van der Waals surface area contributed by atoms with Crippen molar-refractivity contribution in [2.24, 2.45) is 0 Å². The summed E-state index contributed by atoms with van der Waals surface area (Å²) in [6, 6.07) is 73.0. The van der Waals surface area contributed by atoms with Crippen LogP contribution in [0.2, 0.25) is 0 Å². The van der Waals surface area contributed by atoms with Gasteiger partial charge in [0.15, 0.2) is 0 Å². The summed E-state index contributed by atoms with van der Waals surface area (Å²) in [6.07, 6.45) is 0. The zero-order chi connectivity index (χ0) is 33.7. The molecule has 0 aliphatic rings. The SMILES string of the molecule is c1ccc(-c2ccccc2N(c2ccc(-c3cc4ccccc4c4ccccc34)cc2)c2ccc3c(ccc4c5ccccc5ccc34)c2)cc1. The van der Waals surface area contributed by atoms with Gasteiger partial charge in [-0.1, -0.05) is 164 Å². The van der Waals surface area contributed by atoms with Crippen molar-refractivity contribution in [1.82, 2.24) is 0 Å². The molecule has 10 aromatic carbocycles. The van der Waals surface area contributed by atoms with Gasteiger partial charge in [0.2, 0.25) is 0 Å². The Labute approximate surface area is 297 Å². The second-order valence-corrected chi connectivity index (χ2v) is 13.3. The first kappa shape index (κ1) is 29.2. The van der Waals surface area contributed by atoms with E-state index >= 15 is 0 Å². The van der Waals surface area contributed by atoms with Crippen molar-refractivity contribution in [2.75, 3.05) is 4.90 Å². The monoisotopic (exact) mass is 647 g/mol. The molecule has 0 unspecified atom stereocenters. The van der Waals surface area contributed by atoms with Crippen molar-refractivity contribution in [2.45, 2.75) is 0 Å². The highest BCUT2D eigenvalue weighted by Crippen LogP contribution is 2.43. The molecule has 0 atom stereocenters. The van der Waals surface area contributed by atoms with E-state index in [2.05, 4.69) is 205 Å². The van der Waals surface area contributed by atoms with Crippen LogP contribution in [0, 0.1) is 0 Å². The average molecular weight is 648 g/mol. The Bertz CT molecular complexity index is 2900. The third-order valence-electron chi connectivity index (χ3n) is 10.4. The molecule has 0 aliphatic heterocycles. The fourth-order valence-electron chi connectivity index (χ4n) is 8.00. The van der Waals surface area contributed by atoms with Gasteiger partial charge in [-0.25, -0.2) is 0 Å². The minimum atomic E-state index is 1.11. The number of para-hydroxylation sites is 1. The molecule has 0 heterocycles. The average Bonchev–Trinajstić information content (AvgIpc) is 3.21. The fraction of sp³-hybridized carbons (Fsp3) is 0. The molecule has 0 aliphatic carbocycles. The highest BCUT2D eigenvalue weighted by molar-refractivity contribution is 6.18. The van der Waals surface area contributed by atoms with Crippen LogP contribution in [0.25, 0.3) is 76.1 Å². The Morgan fingerprint density at radius 3 is 1.53 bits per heavy atom. The summed E-state index contributed by atoms with van der Waals surface area (Å²) >= 11 is 0. The molecule has 0 amide bonds. The van der Waals surface area contributed by atoms with Gasteiger partial charge in [-0.3, -0.25) is 0 Å². The Hall–Kier alpha value is -6.70. The van der Waals surface area contributed by atoms with Crippen LogP contribution in [0.5, 0.6) is 0 Å². The fourth-order valence-corrected chi connectivity index (χ4v) is 8.00. The Balaban J connectivity index is 1.15. The van der Waals surface area contributed by atoms with Gasteiger partial charge in [0.05, 0.1) is 5.69 Å². The predicted octanol–water partition coefficient (Wildman–Crippen LogP) is 14.3. The molecule has 0 spiro atoms. The molecule has 0 radical (unpaired) electrons. The number of hydrogen-bond acceptors (Lipinski definition) is 1. The van der Waals surface area contributed by atoms with Gasteiger partial charge in [-0.2, -0.15) is 0 Å². The molecular weight excluding hydrogens is 615 g/mol. The van der Waals surface area contributed by atoms with E-state index < -0.39 is 0 Å². The Kier molecular flexibility index (Phi) is 6.89. The molecule has 0 fully saturated rings. The number of fused-ring (bicyclic) bond motifs is 8. The maximum Gasteiger partial charge on any atom is 0.0540 e. The molecule has 0 aromatic heterocycles. The summed E-state index contributed by atoms with van der Waals surface area (Å²) in [6.45, 7) is 0. The van der Waals surface area contributed by atoms with E-state index in [1.807, 2.05) is 0 Å². The summed E-state index contributed by atoms with van der Waals surface area (Å²) in [5.74, 6) is 0. The van der Waals surface area contributed by atoms with Crippen molar-refractivity contribution >= 4 is 70.9 Å². The lowest BCUT2D eigenvalue weighted by Crippen LogP contribution is -2.11. The maximum absolute atomic E-state index is 2.41. The number of hydrogen-bond donors (Lipinski definition) is 0. The molecule has 238 valence electrons. The highest BCUT2D eigenvalue weighted by Gasteiger charge is 2.19. The molecule has 0 bridgehead atoms. The van der Waals surface area contributed by atoms with E-state index in [-0.39, 0.29) is 0 Å². The maximum atomic E-state index is 2.41. The van der Waals surface area contributed by atoms with E-state index in [1.165, 1.54) is 76.1 Å². The molecule has 0 N–H and O–H groups in total. The first-order valence-corrected chi connectivity index (χ1v) is 17.6. The van der Waals surface area contributed by atoms with E-state index in [1.54, 1.807) is 0 Å². The van der Waals surface area contributed by atoms with Crippen molar-refractivity contribution in [1.29, 1.82) is 0 Å². The zero-order valence-electron chi connectivity index (χ0n) is 28.0. The topological polar surface area (TPSA) is 3.24 Å². The third-order valence-corrected chi connectivity index (χ3v) is 10.4. The Morgan fingerprint density at radius 1 is 0.255 bits per heavy atom. The van der Waals surface area contributed by atoms with Gasteiger partial charge < -0.3 is 4.90 Å². The smallest absolute Gasteiger partial charge is 0.0540 e. The Morgan fingerprint density at radius 2 is 0.745 bits per heavy atom. The largest absolute Gasteiger partial charge is 0.310 e. The van der Waals surface area contributed by atoms with Crippen molar-refractivity contribution in [3.8, 4) is 22.3 Å². The summed E-state index contributed by atoms with van der Waals surface area (Å²) in [4.78, 5) is 2.41. The molecule has 1 nitrogen and oxygen atoms in total.